The maximum Gasteiger partial charge on any atom is 0.343 e. The lowest BCUT2D eigenvalue weighted by molar-refractivity contribution is -0.519. The molecule has 5 rings (SSSR count). The summed E-state index contributed by atoms with van der Waals surface area (Å²) in [6.45, 7) is 4.25. The van der Waals surface area contributed by atoms with Crippen LogP contribution in [0.1, 0.15) is 29.8 Å². The molecule has 1 aromatic carbocycles. The number of aliphatic hydroxyl groups is 2. The molecule has 0 bridgehead atoms. The van der Waals surface area contributed by atoms with Crippen LogP contribution in [0.3, 0.4) is 0 Å². The van der Waals surface area contributed by atoms with Crippen LogP contribution in [0.5, 0.6) is 5.75 Å². The first-order chi connectivity index (χ1) is 15.4. The van der Waals surface area contributed by atoms with E-state index in [2.05, 4.69) is 20.6 Å². The standard InChI is InChI=1S/C20H25N7O6/c1-18(2)7-33-12-8(4-3-5-9(12)18)14(28)23-10-6-27-17(22)24-11(15(29)30)13-19(27,20(10,31)32)26-16(21)25-13/h3-5,10-11,13,31-32H,6-7H2,1-2H3,(H2,22,24)(H,23,28)(H,29,30)(H3,21,25,26)/p+1/t10-,11+,13-,19?/m0/s1. The number of hydrogen-bond donors (Lipinski definition) is 8. The van der Waals surface area contributed by atoms with Crippen LogP contribution >= 0.6 is 0 Å². The largest absolute Gasteiger partial charge is 0.492 e. The number of ether oxygens (including phenoxy) is 1. The number of guanidine groups is 2. The van der Waals surface area contributed by atoms with E-state index in [1.54, 1.807) is 12.1 Å². The Kier molecular flexibility index (Phi) is 4.18. The van der Waals surface area contributed by atoms with Crippen molar-refractivity contribution in [3.8, 4) is 5.75 Å². The van der Waals surface area contributed by atoms with E-state index in [1.807, 2.05) is 19.9 Å². The predicted molar refractivity (Wildman–Crippen MR) is 113 cm³/mol. The van der Waals surface area contributed by atoms with Gasteiger partial charge in [-0.25, -0.2) is 15.1 Å². The van der Waals surface area contributed by atoms with Gasteiger partial charge in [-0.3, -0.25) is 20.4 Å². The fraction of sp³-hybridized carbons (Fsp3) is 0.500. The molecule has 0 aliphatic carbocycles. The molecular formula is C20H26N7O6+. The highest BCUT2D eigenvalue weighted by Gasteiger charge is 2.77. The molecule has 1 fully saturated rings. The second kappa shape index (κ2) is 6.48. The van der Waals surface area contributed by atoms with E-state index in [1.165, 1.54) is 4.90 Å². The van der Waals surface area contributed by atoms with Gasteiger partial charge >= 0.3 is 11.9 Å². The molecule has 0 saturated carbocycles. The predicted octanol–water partition coefficient (Wildman–Crippen LogP) is -4.70. The van der Waals surface area contributed by atoms with Crippen molar-refractivity contribution < 1.29 is 34.6 Å². The molecular weight excluding hydrogens is 434 g/mol. The molecule has 1 spiro atoms. The van der Waals surface area contributed by atoms with Gasteiger partial charge in [0.2, 0.25) is 5.79 Å². The number of carboxylic acids is 1. The lowest BCUT2D eigenvalue weighted by atomic mass is 9.85. The molecule has 1 amide bonds. The first-order valence-corrected chi connectivity index (χ1v) is 10.4. The SMILES string of the molecule is CC1(C)COc2c(C(=O)N[C@H]3CN4C(N)=N[C@@H](C(=O)O)[C@@H]5[NH+]=C(N)NC54C3(O)O)cccc21. The summed E-state index contributed by atoms with van der Waals surface area (Å²) in [7, 11) is 0. The zero-order chi connectivity index (χ0) is 23.9. The highest BCUT2D eigenvalue weighted by molar-refractivity contribution is 5.98. The summed E-state index contributed by atoms with van der Waals surface area (Å²) in [5.74, 6) is -4.45. The van der Waals surface area contributed by atoms with Crippen LogP contribution in [0.25, 0.3) is 0 Å². The van der Waals surface area contributed by atoms with Crippen molar-refractivity contribution >= 4 is 23.8 Å². The van der Waals surface area contributed by atoms with Gasteiger partial charge in [0, 0.05) is 11.0 Å². The van der Waals surface area contributed by atoms with Crippen molar-refractivity contribution in [3.05, 3.63) is 29.3 Å². The number of benzene rings is 1. The Morgan fingerprint density at radius 1 is 1.33 bits per heavy atom. The number of rotatable bonds is 3. The van der Waals surface area contributed by atoms with Gasteiger partial charge in [0.15, 0.2) is 18.0 Å². The van der Waals surface area contributed by atoms with E-state index < -0.39 is 41.5 Å². The second-order valence-corrected chi connectivity index (χ2v) is 9.42. The summed E-state index contributed by atoms with van der Waals surface area (Å²) in [4.78, 5) is 33.0. The first kappa shape index (κ1) is 21.3. The molecule has 13 heteroatoms. The number of fused-ring (bicyclic) bond motifs is 1. The van der Waals surface area contributed by atoms with Crippen molar-refractivity contribution in [2.24, 2.45) is 16.5 Å². The van der Waals surface area contributed by atoms with Crippen LogP contribution in [0.15, 0.2) is 23.2 Å². The van der Waals surface area contributed by atoms with Gasteiger partial charge in [-0.05, 0) is 6.07 Å². The number of aliphatic imine (C=N–C) groups is 1. The Balaban J connectivity index is 1.50. The number of carbonyl (C=O) groups is 2. The number of carboxylic acid groups (broad SMARTS) is 1. The Morgan fingerprint density at radius 3 is 2.76 bits per heavy atom. The molecule has 176 valence electrons. The van der Waals surface area contributed by atoms with Gasteiger partial charge in [0.05, 0.1) is 18.7 Å². The van der Waals surface area contributed by atoms with Gasteiger partial charge in [-0.1, -0.05) is 26.0 Å². The summed E-state index contributed by atoms with van der Waals surface area (Å²) in [5, 5.41) is 37.6. The number of nitrogens with zero attached hydrogens (tertiary/aromatic N) is 2. The third kappa shape index (κ3) is 2.66. The summed E-state index contributed by atoms with van der Waals surface area (Å²) in [6, 6.07) is 1.31. The van der Waals surface area contributed by atoms with Crippen molar-refractivity contribution in [1.29, 1.82) is 0 Å². The minimum Gasteiger partial charge on any atom is -0.492 e. The highest BCUT2D eigenvalue weighted by atomic mass is 16.5. The fourth-order valence-electron chi connectivity index (χ4n) is 5.25. The van der Waals surface area contributed by atoms with E-state index in [0.717, 1.165) is 5.56 Å². The zero-order valence-corrected chi connectivity index (χ0v) is 18.0. The molecule has 13 nitrogen and oxygen atoms in total. The lowest BCUT2D eigenvalue weighted by Crippen LogP contribution is -2.90. The van der Waals surface area contributed by atoms with Crippen LogP contribution in [0.2, 0.25) is 0 Å². The molecule has 1 aromatic rings. The van der Waals surface area contributed by atoms with Crippen LogP contribution in [0, 0.1) is 0 Å². The molecule has 0 aromatic heterocycles. The lowest BCUT2D eigenvalue weighted by Gasteiger charge is -2.45. The summed E-state index contributed by atoms with van der Waals surface area (Å²) >= 11 is 0. The van der Waals surface area contributed by atoms with Crippen molar-refractivity contribution in [2.45, 2.75) is 48.8 Å². The van der Waals surface area contributed by atoms with E-state index >= 15 is 0 Å². The van der Waals surface area contributed by atoms with Crippen LogP contribution < -0.4 is 31.8 Å². The Hall–Kier alpha value is -3.58. The van der Waals surface area contributed by atoms with E-state index in [0.29, 0.717) is 12.4 Å². The summed E-state index contributed by atoms with van der Waals surface area (Å²) < 4.78 is 5.77. The molecule has 4 heterocycles. The van der Waals surface area contributed by atoms with E-state index in [-0.39, 0.29) is 29.4 Å². The maximum atomic E-state index is 13.2. The van der Waals surface area contributed by atoms with Crippen molar-refractivity contribution in [3.63, 3.8) is 0 Å². The van der Waals surface area contributed by atoms with Crippen molar-refractivity contribution in [1.82, 2.24) is 15.5 Å². The number of carbonyl (C=O) groups excluding carboxylic acids is 1. The molecule has 1 saturated heterocycles. The Bertz CT molecular complexity index is 1130. The van der Waals surface area contributed by atoms with Crippen LogP contribution in [-0.2, 0) is 10.2 Å². The van der Waals surface area contributed by atoms with Crippen LogP contribution in [0.4, 0.5) is 0 Å². The molecule has 1 unspecified atom stereocenters. The van der Waals surface area contributed by atoms with Crippen LogP contribution in [-0.4, -0.2) is 86.7 Å². The molecule has 10 N–H and O–H groups in total. The normalized spacial score (nSPS) is 32.5. The minimum atomic E-state index is -2.69. The molecule has 4 aliphatic heterocycles. The highest BCUT2D eigenvalue weighted by Crippen LogP contribution is 2.43. The first-order valence-electron chi connectivity index (χ1n) is 10.4. The second-order valence-electron chi connectivity index (χ2n) is 9.42. The average molecular weight is 460 g/mol. The molecule has 33 heavy (non-hydrogen) atoms. The monoisotopic (exact) mass is 460 g/mol. The number of nitrogens with two attached hydrogens (primary N) is 2. The van der Waals surface area contributed by atoms with E-state index in [9.17, 15) is 24.9 Å². The minimum absolute atomic E-state index is 0.0721. The summed E-state index contributed by atoms with van der Waals surface area (Å²) in [5.41, 5.74) is 10.9. The molecule has 4 aliphatic rings. The zero-order valence-electron chi connectivity index (χ0n) is 18.0. The van der Waals surface area contributed by atoms with E-state index in [4.69, 9.17) is 16.2 Å². The van der Waals surface area contributed by atoms with Gasteiger partial charge in [-0.15, -0.1) is 0 Å². The Morgan fingerprint density at radius 2 is 2.06 bits per heavy atom. The van der Waals surface area contributed by atoms with Gasteiger partial charge in [0.1, 0.15) is 11.8 Å². The molecule has 0 radical (unpaired) electrons. The van der Waals surface area contributed by atoms with Gasteiger partial charge in [0.25, 0.3) is 11.6 Å². The maximum absolute atomic E-state index is 13.2. The number of aliphatic carboxylic acids is 1. The quantitative estimate of drug-likeness (QED) is 0.202. The third-order valence-corrected chi connectivity index (χ3v) is 6.91. The van der Waals surface area contributed by atoms with Gasteiger partial charge < -0.3 is 31.1 Å². The number of nitrogens with one attached hydrogen (secondary N) is 3. The smallest absolute Gasteiger partial charge is 0.343 e. The number of amides is 1. The molecule has 4 atom stereocenters. The number of para-hydroxylation sites is 1. The van der Waals surface area contributed by atoms with Crippen molar-refractivity contribution in [2.75, 3.05) is 13.2 Å². The third-order valence-electron chi connectivity index (χ3n) is 6.91. The Labute approximate surface area is 188 Å². The topological polar surface area (TPSA) is 210 Å². The average Bonchev–Trinajstić information content (AvgIpc) is 3.32. The number of hydrogen-bond acceptors (Lipinski definition) is 10. The van der Waals surface area contributed by atoms with Gasteiger partial charge in [-0.2, -0.15) is 0 Å². The summed E-state index contributed by atoms with van der Waals surface area (Å²) in [6.07, 6.45) is 0. The fourth-order valence-corrected chi connectivity index (χ4v) is 5.25.